The summed E-state index contributed by atoms with van der Waals surface area (Å²) < 4.78 is 0. The number of carbonyl (C=O) groups is 1. The lowest BCUT2D eigenvalue weighted by atomic mass is 10.2. The van der Waals surface area contributed by atoms with Crippen molar-refractivity contribution in [3.05, 3.63) is 24.3 Å². The topological polar surface area (TPSA) is 52.2 Å². The fourth-order valence-corrected chi connectivity index (χ4v) is 1.78. The molecule has 0 spiro atoms. The van der Waals surface area contributed by atoms with Crippen molar-refractivity contribution in [1.29, 1.82) is 0 Å². The molecule has 17 heavy (non-hydrogen) atoms. The minimum atomic E-state index is -1.28. The summed E-state index contributed by atoms with van der Waals surface area (Å²) in [6, 6.07) is 7.36. The fourth-order valence-electron chi connectivity index (χ4n) is 1.78. The van der Waals surface area contributed by atoms with E-state index in [4.69, 9.17) is 0 Å². The lowest BCUT2D eigenvalue weighted by Gasteiger charge is -2.23. The third-order valence-electron chi connectivity index (χ3n) is 2.47. The van der Waals surface area contributed by atoms with Crippen molar-refractivity contribution in [2.45, 2.75) is 26.7 Å². The lowest BCUT2D eigenvalue weighted by molar-refractivity contribution is 0.185. The van der Waals surface area contributed by atoms with E-state index in [0.29, 0.717) is 5.69 Å². The molecule has 0 unspecified atom stereocenters. The Labute approximate surface area is 102 Å². The molecule has 4 heteroatoms. The highest BCUT2D eigenvalue weighted by Crippen LogP contribution is 2.18. The smallest absolute Gasteiger partial charge is 0.372 e. The van der Waals surface area contributed by atoms with Crippen LogP contribution >= 0.6 is 0 Å². The van der Waals surface area contributed by atoms with E-state index in [1.807, 2.05) is 12.1 Å². The first-order valence-corrected chi connectivity index (χ1v) is 6.00. The van der Waals surface area contributed by atoms with Crippen LogP contribution in [0.2, 0.25) is 0 Å². The van der Waals surface area contributed by atoms with E-state index < -0.39 is 6.09 Å². The van der Waals surface area contributed by atoms with Crippen molar-refractivity contribution in [2.75, 3.05) is 23.3 Å². The van der Waals surface area contributed by atoms with Gasteiger partial charge in [0, 0.05) is 24.5 Å². The molecular weight excluding hydrogens is 216 g/mol. The van der Waals surface area contributed by atoms with Crippen LogP contribution in [0.1, 0.15) is 26.7 Å². The van der Waals surface area contributed by atoms with Crippen LogP contribution in [0.5, 0.6) is 0 Å². The maximum atomic E-state index is 10.4. The van der Waals surface area contributed by atoms with Gasteiger partial charge in [-0.3, -0.25) is 5.32 Å². The van der Waals surface area contributed by atoms with Crippen molar-refractivity contribution in [2.24, 2.45) is 0 Å². The van der Waals surface area contributed by atoms with E-state index in [-0.39, 0.29) is 0 Å². The number of nitrogens with one attached hydrogen (secondary N) is 1. The molecule has 4 nitrogen and oxygen atoms in total. The molecule has 1 N–H and O–H groups in total. The molecule has 1 rings (SSSR count). The van der Waals surface area contributed by atoms with Gasteiger partial charge in [-0.15, -0.1) is 0 Å². The quantitative estimate of drug-likeness (QED) is 0.822. The van der Waals surface area contributed by atoms with Crippen LogP contribution in [0.3, 0.4) is 0 Å². The highest BCUT2D eigenvalue weighted by atomic mass is 16.4. The number of nitrogens with zero attached hydrogens (tertiary/aromatic N) is 1. The molecule has 0 aliphatic rings. The normalized spacial score (nSPS) is 10.0. The maximum Gasteiger partial charge on any atom is 0.454 e. The van der Waals surface area contributed by atoms with E-state index in [2.05, 4.69) is 24.1 Å². The Morgan fingerprint density at radius 2 is 1.65 bits per heavy atom. The second-order valence-electron chi connectivity index (χ2n) is 3.95. The van der Waals surface area contributed by atoms with Crippen LogP contribution in [-0.4, -0.2) is 19.2 Å². The van der Waals surface area contributed by atoms with Gasteiger partial charge in [0.05, 0.1) is 0 Å². The Bertz CT molecular complexity index is 343. The van der Waals surface area contributed by atoms with Gasteiger partial charge in [-0.25, -0.2) is 9.90 Å². The second-order valence-corrected chi connectivity index (χ2v) is 3.95. The number of anilines is 2. The first kappa shape index (κ1) is 13.4. The minimum absolute atomic E-state index is 0.543. The van der Waals surface area contributed by atoms with Gasteiger partial charge in [0.15, 0.2) is 0 Å². The number of hydrogen-bond acceptors (Lipinski definition) is 2. The zero-order chi connectivity index (χ0) is 12.7. The van der Waals surface area contributed by atoms with E-state index in [9.17, 15) is 9.90 Å². The predicted octanol–water partition coefficient (Wildman–Crippen LogP) is 3.28. The van der Waals surface area contributed by atoms with Crippen LogP contribution < -0.4 is 10.2 Å². The molecular formula is C13H19N2O2. The molecule has 1 amide bonds. The molecule has 0 aromatic heterocycles. The Hall–Kier alpha value is -1.71. The highest BCUT2D eigenvalue weighted by Gasteiger charge is 2.05. The molecule has 1 aromatic carbocycles. The predicted molar refractivity (Wildman–Crippen MR) is 68.9 cm³/mol. The molecule has 0 heterocycles. The number of amides is 1. The zero-order valence-corrected chi connectivity index (χ0v) is 10.4. The molecule has 0 fully saturated rings. The monoisotopic (exact) mass is 235 g/mol. The van der Waals surface area contributed by atoms with Crippen molar-refractivity contribution in [1.82, 2.24) is 0 Å². The van der Waals surface area contributed by atoms with E-state index in [0.717, 1.165) is 31.6 Å². The summed E-state index contributed by atoms with van der Waals surface area (Å²) in [6.45, 7) is 6.32. The van der Waals surface area contributed by atoms with E-state index in [1.54, 1.807) is 12.1 Å². The number of hydrogen-bond donors (Lipinski definition) is 1. The van der Waals surface area contributed by atoms with Crippen molar-refractivity contribution >= 4 is 17.5 Å². The van der Waals surface area contributed by atoms with Crippen LogP contribution in [0.4, 0.5) is 16.2 Å². The first-order valence-electron chi connectivity index (χ1n) is 6.00. The first-order chi connectivity index (χ1) is 8.17. The summed E-state index contributed by atoms with van der Waals surface area (Å²) in [4.78, 5) is 12.7. The Morgan fingerprint density at radius 1 is 1.12 bits per heavy atom. The molecule has 0 saturated heterocycles. The highest BCUT2D eigenvalue weighted by molar-refractivity contribution is 5.82. The molecule has 0 aliphatic heterocycles. The second kappa shape index (κ2) is 6.78. The van der Waals surface area contributed by atoms with Crippen LogP contribution in [0, 0.1) is 0 Å². The lowest BCUT2D eigenvalue weighted by Crippen LogP contribution is -2.24. The SMILES string of the molecule is CCCN(CCC)c1ccc(NC([O])=O)cc1. The van der Waals surface area contributed by atoms with E-state index in [1.165, 1.54) is 0 Å². The number of rotatable bonds is 6. The molecule has 93 valence electrons. The van der Waals surface area contributed by atoms with Gasteiger partial charge in [-0.05, 0) is 37.1 Å². The fraction of sp³-hybridized carbons (Fsp3) is 0.462. The van der Waals surface area contributed by atoms with Gasteiger partial charge >= 0.3 is 6.09 Å². The van der Waals surface area contributed by atoms with Gasteiger partial charge in [-0.2, -0.15) is 0 Å². The maximum absolute atomic E-state index is 10.4. The Balaban J connectivity index is 2.72. The minimum Gasteiger partial charge on any atom is -0.372 e. The van der Waals surface area contributed by atoms with Gasteiger partial charge in [0.1, 0.15) is 0 Å². The van der Waals surface area contributed by atoms with Crippen LogP contribution in [0.15, 0.2) is 24.3 Å². The van der Waals surface area contributed by atoms with Crippen LogP contribution in [-0.2, 0) is 5.11 Å². The zero-order valence-electron chi connectivity index (χ0n) is 10.4. The van der Waals surface area contributed by atoms with Gasteiger partial charge in [-0.1, -0.05) is 13.8 Å². The molecule has 1 radical (unpaired) electrons. The third-order valence-corrected chi connectivity index (χ3v) is 2.47. The number of benzene rings is 1. The van der Waals surface area contributed by atoms with Gasteiger partial charge < -0.3 is 4.90 Å². The molecule has 0 aliphatic carbocycles. The average Bonchev–Trinajstić information content (AvgIpc) is 2.29. The summed E-state index contributed by atoms with van der Waals surface area (Å²) in [5.41, 5.74) is 1.67. The van der Waals surface area contributed by atoms with Crippen molar-refractivity contribution in [3.63, 3.8) is 0 Å². The Morgan fingerprint density at radius 3 is 2.06 bits per heavy atom. The van der Waals surface area contributed by atoms with Crippen LogP contribution in [0.25, 0.3) is 0 Å². The summed E-state index contributed by atoms with van der Waals surface area (Å²) in [5, 5.41) is 12.6. The van der Waals surface area contributed by atoms with E-state index >= 15 is 0 Å². The molecule has 0 bridgehead atoms. The summed E-state index contributed by atoms with van der Waals surface area (Å²) >= 11 is 0. The summed E-state index contributed by atoms with van der Waals surface area (Å²) in [6.07, 6.45) is 0.912. The summed E-state index contributed by atoms with van der Waals surface area (Å²) in [7, 11) is 0. The van der Waals surface area contributed by atoms with Crippen molar-refractivity contribution < 1.29 is 9.90 Å². The standard InChI is InChI=1S/C13H19N2O2/c1-3-9-15(10-4-2)12-7-5-11(6-8-12)14-13(16)17/h5-8,14H,3-4,9-10H2,1-2H3. The molecule has 0 saturated carbocycles. The molecule has 0 atom stereocenters. The molecule has 1 aromatic rings. The number of carbonyl (C=O) groups excluding carboxylic acids is 1. The van der Waals surface area contributed by atoms with Crippen molar-refractivity contribution in [3.8, 4) is 0 Å². The van der Waals surface area contributed by atoms with Gasteiger partial charge in [0.2, 0.25) is 0 Å². The largest absolute Gasteiger partial charge is 0.454 e. The average molecular weight is 235 g/mol. The summed E-state index contributed by atoms with van der Waals surface area (Å²) in [5.74, 6) is 0. The van der Waals surface area contributed by atoms with Gasteiger partial charge in [0.25, 0.3) is 0 Å². The third kappa shape index (κ3) is 4.34. The Kier molecular flexibility index (Phi) is 5.33.